The van der Waals surface area contributed by atoms with Crippen molar-refractivity contribution in [1.82, 2.24) is 5.32 Å². The van der Waals surface area contributed by atoms with Crippen LogP contribution in [0.5, 0.6) is 0 Å². The highest BCUT2D eigenvalue weighted by Crippen LogP contribution is 2.48. The largest absolute Gasteiger partial charge is 0.381 e. The monoisotopic (exact) mass is 358 g/mol. The quantitative estimate of drug-likeness (QED) is 0.850. The van der Waals surface area contributed by atoms with E-state index in [9.17, 15) is 4.79 Å². The second-order valence-electron chi connectivity index (χ2n) is 6.57. The summed E-state index contributed by atoms with van der Waals surface area (Å²) in [5, 5.41) is 3.90. The van der Waals surface area contributed by atoms with Crippen LogP contribution in [0.1, 0.15) is 31.2 Å². The molecule has 2 fully saturated rings. The smallest absolute Gasteiger partial charge is 0.227 e. The first kappa shape index (κ1) is 18.5. The predicted octanol–water partition coefficient (Wildman–Crippen LogP) is 2.67. The topological polar surface area (TPSA) is 64.4 Å². The minimum Gasteiger partial charge on any atom is -0.381 e. The van der Waals surface area contributed by atoms with Crippen molar-refractivity contribution in [3.8, 4) is 0 Å². The molecule has 0 bridgehead atoms. The van der Waals surface area contributed by atoms with Crippen LogP contribution < -0.4 is 11.1 Å². The number of carbonyl (C=O) groups is 1. The molecular weight excluding hydrogens is 335 g/mol. The Bertz CT molecular complexity index is 555. The normalized spacial score (nSPS) is 21.1. The first-order chi connectivity index (χ1) is 10.6. The summed E-state index contributed by atoms with van der Waals surface area (Å²) in [5.41, 5.74) is 6.71. The molecule has 1 aromatic carbocycles. The molecule has 6 heteroatoms. The van der Waals surface area contributed by atoms with Crippen molar-refractivity contribution in [2.24, 2.45) is 11.1 Å². The Morgan fingerprint density at radius 3 is 2.52 bits per heavy atom. The number of hydrogen-bond donors (Lipinski definition) is 2. The van der Waals surface area contributed by atoms with E-state index in [1.54, 1.807) is 0 Å². The van der Waals surface area contributed by atoms with Crippen LogP contribution in [0.2, 0.25) is 5.02 Å². The van der Waals surface area contributed by atoms with E-state index >= 15 is 0 Å². The highest BCUT2D eigenvalue weighted by Gasteiger charge is 2.46. The van der Waals surface area contributed by atoms with E-state index < -0.39 is 5.41 Å². The van der Waals surface area contributed by atoms with Gasteiger partial charge in [-0.25, -0.2) is 0 Å². The minimum atomic E-state index is -0.456. The third kappa shape index (κ3) is 3.82. The maximum atomic E-state index is 12.7. The van der Waals surface area contributed by atoms with E-state index in [1.807, 2.05) is 18.2 Å². The molecule has 0 spiro atoms. The van der Waals surface area contributed by atoms with Gasteiger partial charge in [0.15, 0.2) is 0 Å². The van der Waals surface area contributed by atoms with Crippen LogP contribution in [0, 0.1) is 5.41 Å². The van der Waals surface area contributed by atoms with E-state index in [1.165, 1.54) is 5.56 Å². The lowest BCUT2D eigenvalue weighted by atomic mass is 9.79. The average Bonchev–Trinajstić information content (AvgIpc) is 3.34. The lowest BCUT2D eigenvalue weighted by molar-refractivity contribution is -0.136. The lowest BCUT2D eigenvalue weighted by Gasteiger charge is -2.35. The Kier molecular flexibility index (Phi) is 5.95. The van der Waals surface area contributed by atoms with Crippen LogP contribution in [0.4, 0.5) is 0 Å². The van der Waals surface area contributed by atoms with Gasteiger partial charge >= 0.3 is 0 Å². The van der Waals surface area contributed by atoms with Crippen LogP contribution in [-0.2, 0) is 14.9 Å². The maximum Gasteiger partial charge on any atom is 0.227 e. The molecule has 0 radical (unpaired) electrons. The van der Waals surface area contributed by atoms with Gasteiger partial charge in [-0.3, -0.25) is 4.79 Å². The van der Waals surface area contributed by atoms with Crippen LogP contribution in [0.15, 0.2) is 24.3 Å². The van der Waals surface area contributed by atoms with Crippen molar-refractivity contribution in [3.05, 3.63) is 34.9 Å². The molecule has 23 heavy (non-hydrogen) atoms. The van der Waals surface area contributed by atoms with Gasteiger partial charge in [0.25, 0.3) is 0 Å². The number of hydrogen-bond acceptors (Lipinski definition) is 3. The van der Waals surface area contributed by atoms with Crippen molar-refractivity contribution in [3.63, 3.8) is 0 Å². The number of nitrogens with one attached hydrogen (secondary N) is 1. The zero-order valence-corrected chi connectivity index (χ0v) is 14.7. The third-order valence-electron chi connectivity index (χ3n) is 5.20. The summed E-state index contributed by atoms with van der Waals surface area (Å²) in [6.07, 6.45) is 3.59. The van der Waals surface area contributed by atoms with Crippen LogP contribution in [0.25, 0.3) is 0 Å². The van der Waals surface area contributed by atoms with Crippen molar-refractivity contribution in [2.45, 2.75) is 31.1 Å². The summed E-state index contributed by atoms with van der Waals surface area (Å²) in [6, 6.07) is 7.95. The summed E-state index contributed by atoms with van der Waals surface area (Å²) in [7, 11) is 0. The van der Waals surface area contributed by atoms with Gasteiger partial charge in [-0.2, -0.15) is 0 Å². The second-order valence-corrected chi connectivity index (χ2v) is 7.01. The summed E-state index contributed by atoms with van der Waals surface area (Å²) >= 11 is 6.09. The molecule has 1 aromatic rings. The molecule has 0 atom stereocenters. The van der Waals surface area contributed by atoms with Crippen molar-refractivity contribution in [2.75, 3.05) is 26.3 Å². The predicted molar refractivity (Wildman–Crippen MR) is 94.2 cm³/mol. The number of ether oxygens (including phenoxy) is 1. The molecule has 3 rings (SSSR count). The number of rotatable bonds is 5. The summed E-state index contributed by atoms with van der Waals surface area (Å²) in [5.74, 6) is 0.0756. The molecule has 4 nitrogen and oxygen atoms in total. The molecule has 1 aliphatic heterocycles. The molecule has 1 amide bonds. The Labute approximate surface area is 148 Å². The van der Waals surface area contributed by atoms with Gasteiger partial charge in [0.2, 0.25) is 5.91 Å². The molecular formula is C17H24Cl2N2O2. The number of nitrogens with two attached hydrogens (primary N) is 1. The number of benzene rings is 1. The van der Waals surface area contributed by atoms with Crippen LogP contribution in [-0.4, -0.2) is 32.2 Å². The molecule has 0 aromatic heterocycles. The zero-order valence-electron chi connectivity index (χ0n) is 13.1. The average molecular weight is 359 g/mol. The molecule has 2 aliphatic rings. The SMILES string of the molecule is Cl.NCC1(C(=O)NCC2(c3cccc(Cl)c3)CC2)CCOCC1. The Morgan fingerprint density at radius 1 is 1.26 bits per heavy atom. The number of halogens is 2. The first-order valence-corrected chi connectivity index (χ1v) is 8.30. The second kappa shape index (κ2) is 7.39. The van der Waals surface area contributed by atoms with Gasteiger partial charge < -0.3 is 15.8 Å². The fourth-order valence-electron chi connectivity index (χ4n) is 3.26. The highest BCUT2D eigenvalue weighted by atomic mass is 35.5. The van der Waals surface area contributed by atoms with Crippen molar-refractivity contribution < 1.29 is 9.53 Å². The minimum absolute atomic E-state index is 0. The Morgan fingerprint density at radius 2 is 1.96 bits per heavy atom. The van der Waals surface area contributed by atoms with Gasteiger partial charge in [0.05, 0.1) is 5.41 Å². The third-order valence-corrected chi connectivity index (χ3v) is 5.44. The molecule has 1 saturated heterocycles. The van der Waals surface area contributed by atoms with Gasteiger partial charge in [-0.15, -0.1) is 12.4 Å². The van der Waals surface area contributed by atoms with Gasteiger partial charge in [-0.1, -0.05) is 23.7 Å². The standard InChI is InChI=1S/C17H23ClN2O2.ClH/c18-14-3-1-2-13(10-14)17(4-5-17)12-20-15(21)16(11-19)6-8-22-9-7-16;/h1-3,10H,4-9,11-12,19H2,(H,20,21);1H. The maximum absolute atomic E-state index is 12.7. The lowest BCUT2D eigenvalue weighted by Crippen LogP contribution is -2.50. The summed E-state index contributed by atoms with van der Waals surface area (Å²) < 4.78 is 5.37. The fourth-order valence-corrected chi connectivity index (χ4v) is 3.45. The molecule has 128 valence electrons. The molecule has 1 heterocycles. The molecule has 1 aliphatic carbocycles. The molecule has 0 unspecified atom stereocenters. The summed E-state index contributed by atoms with van der Waals surface area (Å²) in [6.45, 7) is 2.27. The van der Waals surface area contributed by atoms with Crippen molar-refractivity contribution >= 4 is 29.9 Å². The van der Waals surface area contributed by atoms with Gasteiger partial charge in [0, 0.05) is 36.7 Å². The Hall–Kier alpha value is -0.810. The van der Waals surface area contributed by atoms with E-state index in [2.05, 4.69) is 11.4 Å². The van der Waals surface area contributed by atoms with Crippen molar-refractivity contribution in [1.29, 1.82) is 0 Å². The van der Waals surface area contributed by atoms with Crippen LogP contribution in [0.3, 0.4) is 0 Å². The number of carbonyl (C=O) groups excluding carboxylic acids is 1. The Balaban J connectivity index is 0.00000192. The summed E-state index contributed by atoms with van der Waals surface area (Å²) in [4.78, 5) is 12.7. The number of amides is 1. The van der Waals surface area contributed by atoms with E-state index in [-0.39, 0.29) is 23.7 Å². The highest BCUT2D eigenvalue weighted by molar-refractivity contribution is 6.30. The fraction of sp³-hybridized carbons (Fsp3) is 0.588. The van der Waals surface area contributed by atoms with E-state index in [4.69, 9.17) is 22.1 Å². The zero-order chi connectivity index (χ0) is 15.6. The molecule has 1 saturated carbocycles. The van der Waals surface area contributed by atoms with E-state index in [0.29, 0.717) is 39.1 Å². The van der Waals surface area contributed by atoms with E-state index in [0.717, 1.165) is 17.9 Å². The first-order valence-electron chi connectivity index (χ1n) is 7.92. The molecule has 3 N–H and O–H groups in total. The van der Waals surface area contributed by atoms with Crippen LogP contribution >= 0.6 is 24.0 Å². The van der Waals surface area contributed by atoms with Gasteiger partial charge in [0.1, 0.15) is 0 Å². The van der Waals surface area contributed by atoms with Gasteiger partial charge in [-0.05, 0) is 43.4 Å².